The third-order valence-corrected chi connectivity index (χ3v) is 2.48. The Balaban J connectivity index is 2.21. The van der Waals surface area contributed by atoms with Gasteiger partial charge in [-0.3, -0.25) is 4.79 Å². The summed E-state index contributed by atoms with van der Waals surface area (Å²) in [4.78, 5) is 22.0. The number of nitrogens with one attached hydrogen (secondary N) is 2. The first-order chi connectivity index (χ1) is 7.50. The van der Waals surface area contributed by atoms with Crippen molar-refractivity contribution in [3.8, 4) is 0 Å². The number of carboxylic acid groups (broad SMARTS) is 1. The van der Waals surface area contributed by atoms with Crippen molar-refractivity contribution in [1.82, 2.24) is 10.6 Å². The number of carboxylic acids is 1. The lowest BCUT2D eigenvalue weighted by molar-refractivity contribution is -0.144. The summed E-state index contributed by atoms with van der Waals surface area (Å²) in [7, 11) is 0. The molecule has 2 unspecified atom stereocenters. The molecule has 0 aliphatic heterocycles. The van der Waals surface area contributed by atoms with Crippen LogP contribution in [0.5, 0.6) is 0 Å². The fraction of sp³-hybridized carbons (Fsp3) is 0.800. The van der Waals surface area contributed by atoms with Crippen molar-refractivity contribution >= 4 is 11.9 Å². The normalized spacial score (nSPS) is 18.9. The van der Waals surface area contributed by atoms with Gasteiger partial charge < -0.3 is 20.8 Å². The van der Waals surface area contributed by atoms with Crippen LogP contribution in [-0.2, 0) is 9.59 Å². The average molecular weight is 230 g/mol. The molecule has 0 spiro atoms. The second kappa shape index (κ2) is 5.81. The maximum atomic E-state index is 11.3. The van der Waals surface area contributed by atoms with E-state index in [1.165, 1.54) is 19.8 Å². The Hall–Kier alpha value is -1.14. The highest BCUT2D eigenvalue weighted by molar-refractivity contribution is 5.85. The summed E-state index contributed by atoms with van der Waals surface area (Å²) in [6.45, 7) is 2.21. The topological polar surface area (TPSA) is 98.7 Å². The lowest BCUT2D eigenvalue weighted by Crippen LogP contribution is -2.50. The fourth-order valence-corrected chi connectivity index (χ4v) is 1.32. The Morgan fingerprint density at radius 2 is 2.06 bits per heavy atom. The Morgan fingerprint density at radius 1 is 1.44 bits per heavy atom. The first-order valence-electron chi connectivity index (χ1n) is 5.41. The molecule has 0 aromatic rings. The standard InChI is InChI=1S/C10H18N2O4/c1-6(13)9(10(15)16)12-8(14)5-11-4-7-2-3-7/h6-7,9,11,13H,2-5H2,1H3,(H,12,14)(H,15,16). The molecule has 4 N–H and O–H groups in total. The third kappa shape index (κ3) is 4.59. The van der Waals surface area contributed by atoms with Gasteiger partial charge in [0.05, 0.1) is 12.6 Å². The van der Waals surface area contributed by atoms with Crippen LogP contribution < -0.4 is 10.6 Å². The predicted molar refractivity (Wildman–Crippen MR) is 56.8 cm³/mol. The van der Waals surface area contributed by atoms with Gasteiger partial charge in [0.2, 0.25) is 5.91 Å². The van der Waals surface area contributed by atoms with Gasteiger partial charge in [0.15, 0.2) is 6.04 Å². The van der Waals surface area contributed by atoms with E-state index in [0.717, 1.165) is 6.54 Å². The molecule has 0 aromatic heterocycles. The number of hydrogen-bond donors (Lipinski definition) is 4. The summed E-state index contributed by atoms with van der Waals surface area (Å²) in [6.07, 6.45) is 1.28. The van der Waals surface area contributed by atoms with E-state index in [1.54, 1.807) is 0 Å². The molecule has 1 fully saturated rings. The summed E-state index contributed by atoms with van der Waals surface area (Å²) in [6, 6.07) is -1.24. The van der Waals surface area contributed by atoms with Crippen LogP contribution in [0.4, 0.5) is 0 Å². The molecular formula is C10H18N2O4. The molecule has 0 saturated heterocycles. The van der Waals surface area contributed by atoms with Crippen molar-refractivity contribution in [2.75, 3.05) is 13.1 Å². The number of aliphatic hydroxyl groups is 1. The zero-order valence-electron chi connectivity index (χ0n) is 9.27. The molecule has 1 rings (SSSR count). The molecule has 1 aliphatic rings. The molecule has 6 heteroatoms. The highest BCUT2D eigenvalue weighted by atomic mass is 16.4. The van der Waals surface area contributed by atoms with E-state index in [1.807, 2.05) is 0 Å². The summed E-state index contributed by atoms with van der Waals surface area (Å²) in [5.74, 6) is -0.973. The lowest BCUT2D eigenvalue weighted by atomic mass is 10.2. The largest absolute Gasteiger partial charge is 0.480 e. The average Bonchev–Trinajstić information content (AvgIpc) is 2.97. The van der Waals surface area contributed by atoms with Gasteiger partial charge in [0, 0.05) is 0 Å². The molecule has 92 valence electrons. The number of carbonyl (C=O) groups is 2. The van der Waals surface area contributed by atoms with E-state index in [9.17, 15) is 9.59 Å². The Bertz CT molecular complexity index is 264. The monoisotopic (exact) mass is 230 g/mol. The van der Waals surface area contributed by atoms with Gasteiger partial charge in [-0.25, -0.2) is 4.79 Å². The van der Waals surface area contributed by atoms with Crippen molar-refractivity contribution in [1.29, 1.82) is 0 Å². The van der Waals surface area contributed by atoms with Crippen LogP contribution in [0, 0.1) is 5.92 Å². The number of aliphatic hydroxyl groups excluding tert-OH is 1. The van der Waals surface area contributed by atoms with Crippen LogP contribution in [-0.4, -0.2) is 47.3 Å². The second-order valence-electron chi connectivity index (χ2n) is 4.20. The van der Waals surface area contributed by atoms with Crippen molar-refractivity contribution < 1.29 is 19.8 Å². The van der Waals surface area contributed by atoms with Crippen molar-refractivity contribution in [3.63, 3.8) is 0 Å². The van der Waals surface area contributed by atoms with Crippen LogP contribution in [0.1, 0.15) is 19.8 Å². The molecule has 0 aromatic carbocycles. The number of carbonyl (C=O) groups excluding carboxylic acids is 1. The van der Waals surface area contributed by atoms with Crippen molar-refractivity contribution in [2.45, 2.75) is 31.9 Å². The molecule has 0 heterocycles. The Morgan fingerprint density at radius 3 is 2.50 bits per heavy atom. The molecule has 1 amide bonds. The third-order valence-electron chi connectivity index (χ3n) is 2.48. The number of aliphatic carboxylic acids is 1. The molecule has 0 radical (unpaired) electrons. The van der Waals surface area contributed by atoms with Crippen LogP contribution in [0.2, 0.25) is 0 Å². The van der Waals surface area contributed by atoms with Crippen LogP contribution >= 0.6 is 0 Å². The van der Waals surface area contributed by atoms with E-state index in [2.05, 4.69) is 10.6 Å². The smallest absolute Gasteiger partial charge is 0.328 e. The minimum absolute atomic E-state index is 0.0903. The van der Waals surface area contributed by atoms with Gasteiger partial charge in [0.1, 0.15) is 0 Å². The summed E-state index contributed by atoms with van der Waals surface area (Å²) in [5, 5.41) is 23.1. The molecular weight excluding hydrogens is 212 g/mol. The zero-order valence-corrected chi connectivity index (χ0v) is 9.27. The summed E-state index contributed by atoms with van der Waals surface area (Å²) >= 11 is 0. The van der Waals surface area contributed by atoms with E-state index < -0.39 is 24.0 Å². The highest BCUT2D eigenvalue weighted by Crippen LogP contribution is 2.27. The zero-order chi connectivity index (χ0) is 12.1. The maximum absolute atomic E-state index is 11.3. The number of hydrogen-bond acceptors (Lipinski definition) is 4. The predicted octanol–water partition coefficient (Wildman–Crippen LogP) is -1.06. The van der Waals surface area contributed by atoms with Gasteiger partial charge in [-0.2, -0.15) is 0 Å². The summed E-state index contributed by atoms with van der Waals surface area (Å²) in [5.41, 5.74) is 0. The lowest BCUT2D eigenvalue weighted by Gasteiger charge is -2.17. The highest BCUT2D eigenvalue weighted by Gasteiger charge is 2.25. The van der Waals surface area contributed by atoms with Gasteiger partial charge in [-0.1, -0.05) is 0 Å². The summed E-state index contributed by atoms with van der Waals surface area (Å²) < 4.78 is 0. The molecule has 16 heavy (non-hydrogen) atoms. The molecule has 2 atom stereocenters. The van der Waals surface area contributed by atoms with E-state index in [-0.39, 0.29) is 6.54 Å². The molecule has 1 saturated carbocycles. The minimum Gasteiger partial charge on any atom is -0.480 e. The first-order valence-corrected chi connectivity index (χ1v) is 5.41. The minimum atomic E-state index is -1.24. The van der Waals surface area contributed by atoms with Crippen molar-refractivity contribution in [2.24, 2.45) is 5.92 Å². The van der Waals surface area contributed by atoms with Crippen LogP contribution in [0.15, 0.2) is 0 Å². The maximum Gasteiger partial charge on any atom is 0.328 e. The molecule has 1 aliphatic carbocycles. The molecule has 0 bridgehead atoms. The first kappa shape index (κ1) is 12.9. The van der Waals surface area contributed by atoms with Gasteiger partial charge in [-0.05, 0) is 32.2 Å². The second-order valence-corrected chi connectivity index (χ2v) is 4.20. The number of rotatable bonds is 7. The molecule has 6 nitrogen and oxygen atoms in total. The number of amides is 1. The van der Waals surface area contributed by atoms with Gasteiger partial charge in [0.25, 0.3) is 0 Å². The van der Waals surface area contributed by atoms with Gasteiger partial charge in [-0.15, -0.1) is 0 Å². The van der Waals surface area contributed by atoms with E-state index >= 15 is 0 Å². The fourth-order valence-electron chi connectivity index (χ4n) is 1.32. The van der Waals surface area contributed by atoms with E-state index in [4.69, 9.17) is 10.2 Å². The SMILES string of the molecule is CC(O)C(NC(=O)CNCC1CC1)C(=O)O. The quantitative estimate of drug-likeness (QED) is 0.446. The Kier molecular flexibility index (Phi) is 4.70. The Labute approximate surface area is 94.0 Å². The van der Waals surface area contributed by atoms with Crippen molar-refractivity contribution in [3.05, 3.63) is 0 Å². The van der Waals surface area contributed by atoms with Crippen LogP contribution in [0.25, 0.3) is 0 Å². The van der Waals surface area contributed by atoms with Crippen LogP contribution in [0.3, 0.4) is 0 Å². The van der Waals surface area contributed by atoms with Gasteiger partial charge >= 0.3 is 5.97 Å². The van der Waals surface area contributed by atoms with E-state index in [0.29, 0.717) is 5.92 Å².